The van der Waals surface area contributed by atoms with E-state index in [1.807, 2.05) is 69.2 Å². The minimum Gasteiger partial charge on any atom is -0.326 e. The van der Waals surface area contributed by atoms with Crippen molar-refractivity contribution in [1.29, 1.82) is 0 Å². The van der Waals surface area contributed by atoms with Crippen molar-refractivity contribution in [3.63, 3.8) is 0 Å². The Morgan fingerprint density at radius 2 is 0.500 bits per heavy atom. The highest BCUT2D eigenvalue weighted by Gasteiger charge is 1.95. The molecular formula is C12H34N2. The van der Waals surface area contributed by atoms with E-state index >= 15 is 0 Å². The van der Waals surface area contributed by atoms with Crippen molar-refractivity contribution in [2.24, 2.45) is 11.5 Å². The molecule has 0 aromatic heterocycles. The molecule has 0 fully saturated rings. The summed E-state index contributed by atoms with van der Waals surface area (Å²) in [7, 11) is 0. The predicted molar refractivity (Wildman–Crippen MR) is 70.6 cm³/mol. The molecule has 2 heteroatoms. The normalized spacial score (nSPS) is 9.43. The van der Waals surface area contributed by atoms with Crippen LogP contribution in [0.5, 0.6) is 0 Å². The van der Waals surface area contributed by atoms with Gasteiger partial charge in [-0.2, -0.15) is 0 Å². The number of rotatable bonds is 0. The zero-order valence-corrected chi connectivity index (χ0v) is 12.2. The summed E-state index contributed by atoms with van der Waals surface area (Å²) in [6.45, 7) is 19.8. The molecule has 0 atom stereocenters. The average Bonchev–Trinajstić information content (AvgIpc) is 1.88. The number of nitrogens with two attached hydrogens (primary N) is 2. The van der Waals surface area contributed by atoms with Crippen molar-refractivity contribution in [3.05, 3.63) is 0 Å². The molecule has 0 aliphatic rings. The second-order valence-corrected chi connectivity index (χ2v) is 4.73. The topological polar surface area (TPSA) is 52.0 Å². The first kappa shape index (κ1) is 23.6. The molecule has 0 heterocycles. The summed E-state index contributed by atoms with van der Waals surface area (Å²) in [5.74, 6) is 0. The highest BCUT2D eigenvalue weighted by molar-refractivity contribution is 4.60. The Hall–Kier alpha value is -0.0800. The van der Waals surface area contributed by atoms with E-state index in [0.717, 1.165) is 0 Å². The smallest absolute Gasteiger partial charge is 0.00686 e. The Morgan fingerprint density at radius 1 is 0.500 bits per heavy atom. The summed E-state index contributed by atoms with van der Waals surface area (Å²) in [5.41, 5.74) is 10.7. The molecule has 0 rings (SSSR count). The van der Waals surface area contributed by atoms with Gasteiger partial charge in [-0.3, -0.25) is 0 Å². The van der Waals surface area contributed by atoms with Crippen molar-refractivity contribution in [3.8, 4) is 0 Å². The Morgan fingerprint density at radius 3 is 0.500 bits per heavy atom. The van der Waals surface area contributed by atoms with Crippen molar-refractivity contribution in [2.45, 2.75) is 80.3 Å². The first-order valence-electron chi connectivity index (χ1n) is 5.58. The van der Waals surface area contributed by atoms with Crippen LogP contribution in [0.25, 0.3) is 0 Å². The second kappa shape index (κ2) is 12.9. The minimum atomic E-state index is 0. The van der Waals surface area contributed by atoms with Crippen LogP contribution < -0.4 is 11.5 Å². The molecule has 0 aliphatic heterocycles. The summed E-state index contributed by atoms with van der Waals surface area (Å²) < 4.78 is 0. The van der Waals surface area contributed by atoms with Crippen molar-refractivity contribution in [1.82, 2.24) is 0 Å². The highest BCUT2D eigenvalue weighted by Crippen LogP contribution is 1.88. The first-order valence-corrected chi connectivity index (χ1v) is 5.58. The van der Waals surface area contributed by atoms with Gasteiger partial charge in [0.15, 0.2) is 0 Å². The van der Waals surface area contributed by atoms with Crippen molar-refractivity contribution >= 4 is 0 Å². The molecule has 0 radical (unpaired) electrons. The standard InChI is InChI=1S/2C4H11N.2C2H6/c2*1-4(2,3)5;2*1-2/h2*5H2,1-3H3;2*1-2H3. The van der Waals surface area contributed by atoms with Gasteiger partial charge in [0, 0.05) is 11.1 Å². The maximum atomic E-state index is 5.35. The molecule has 0 aromatic rings. The monoisotopic (exact) mass is 206 g/mol. The third kappa shape index (κ3) is 222000. The van der Waals surface area contributed by atoms with Gasteiger partial charge >= 0.3 is 0 Å². The fourth-order valence-electron chi connectivity index (χ4n) is 0. The molecule has 0 spiro atoms. The predicted octanol–water partition coefficient (Wildman–Crippen LogP) is 3.54. The van der Waals surface area contributed by atoms with Crippen LogP contribution in [0.2, 0.25) is 0 Å². The third-order valence-electron chi connectivity index (χ3n) is 0. The zero-order chi connectivity index (χ0) is 13.0. The molecule has 0 aromatic carbocycles. The van der Waals surface area contributed by atoms with Crippen LogP contribution in [0.15, 0.2) is 0 Å². The van der Waals surface area contributed by atoms with E-state index in [9.17, 15) is 0 Å². The lowest BCUT2D eigenvalue weighted by Gasteiger charge is -2.06. The van der Waals surface area contributed by atoms with Gasteiger partial charge in [-0.1, -0.05) is 27.7 Å². The van der Waals surface area contributed by atoms with E-state index in [1.54, 1.807) is 0 Å². The Balaban J connectivity index is -0.0000000528. The van der Waals surface area contributed by atoms with Gasteiger partial charge < -0.3 is 11.5 Å². The summed E-state index contributed by atoms with van der Waals surface area (Å²) in [5, 5.41) is 0. The van der Waals surface area contributed by atoms with Crippen LogP contribution in [0, 0.1) is 0 Å². The molecule has 0 bridgehead atoms. The van der Waals surface area contributed by atoms with Crippen LogP contribution in [0.3, 0.4) is 0 Å². The van der Waals surface area contributed by atoms with E-state index in [-0.39, 0.29) is 11.1 Å². The maximum absolute atomic E-state index is 5.35. The Kier molecular flexibility index (Phi) is 21.8. The summed E-state index contributed by atoms with van der Waals surface area (Å²) in [6.07, 6.45) is 0. The summed E-state index contributed by atoms with van der Waals surface area (Å²) in [4.78, 5) is 0. The molecule has 0 saturated heterocycles. The van der Waals surface area contributed by atoms with Crippen LogP contribution in [-0.4, -0.2) is 11.1 Å². The highest BCUT2D eigenvalue weighted by atomic mass is 14.7. The van der Waals surface area contributed by atoms with Crippen LogP contribution >= 0.6 is 0 Å². The number of hydrogen-bond acceptors (Lipinski definition) is 2. The molecule has 4 N–H and O–H groups in total. The lowest BCUT2D eigenvalue weighted by molar-refractivity contribution is 0.579. The van der Waals surface area contributed by atoms with Gasteiger partial charge in [-0.25, -0.2) is 0 Å². The lowest BCUT2D eigenvalue weighted by Crippen LogP contribution is -2.26. The second-order valence-electron chi connectivity index (χ2n) is 4.73. The molecule has 0 saturated carbocycles. The van der Waals surface area contributed by atoms with Crippen molar-refractivity contribution < 1.29 is 0 Å². The van der Waals surface area contributed by atoms with E-state index < -0.39 is 0 Å². The molecule has 2 nitrogen and oxygen atoms in total. The van der Waals surface area contributed by atoms with E-state index in [0.29, 0.717) is 0 Å². The molecule has 0 amide bonds. The summed E-state index contributed by atoms with van der Waals surface area (Å²) in [6, 6.07) is 0. The largest absolute Gasteiger partial charge is 0.326 e. The van der Waals surface area contributed by atoms with Crippen LogP contribution in [0.1, 0.15) is 69.2 Å². The summed E-state index contributed by atoms with van der Waals surface area (Å²) >= 11 is 0. The van der Waals surface area contributed by atoms with Gasteiger partial charge in [0.25, 0.3) is 0 Å². The van der Waals surface area contributed by atoms with Gasteiger partial charge in [-0.05, 0) is 41.5 Å². The van der Waals surface area contributed by atoms with Gasteiger partial charge in [0.1, 0.15) is 0 Å². The van der Waals surface area contributed by atoms with Crippen LogP contribution in [-0.2, 0) is 0 Å². The number of hydrogen-bond donors (Lipinski definition) is 2. The van der Waals surface area contributed by atoms with Crippen LogP contribution in [0.4, 0.5) is 0 Å². The van der Waals surface area contributed by atoms with E-state index in [1.165, 1.54) is 0 Å². The molecule has 0 unspecified atom stereocenters. The van der Waals surface area contributed by atoms with E-state index in [4.69, 9.17) is 11.5 Å². The molecule has 14 heavy (non-hydrogen) atoms. The minimum absolute atomic E-state index is 0. The molecular weight excluding hydrogens is 172 g/mol. The lowest BCUT2D eigenvalue weighted by atomic mass is 10.1. The SMILES string of the molecule is CC.CC.CC(C)(C)N.CC(C)(C)N. The quantitative estimate of drug-likeness (QED) is 0.637. The maximum Gasteiger partial charge on any atom is 0.00686 e. The Labute approximate surface area is 92.5 Å². The van der Waals surface area contributed by atoms with E-state index in [2.05, 4.69) is 0 Å². The zero-order valence-electron chi connectivity index (χ0n) is 12.2. The average molecular weight is 206 g/mol. The molecule has 92 valence electrons. The van der Waals surface area contributed by atoms with Gasteiger partial charge in [0.05, 0.1) is 0 Å². The molecule has 0 aliphatic carbocycles. The Bertz CT molecular complexity index is 51.3. The van der Waals surface area contributed by atoms with Crippen molar-refractivity contribution in [2.75, 3.05) is 0 Å². The van der Waals surface area contributed by atoms with Gasteiger partial charge in [0.2, 0.25) is 0 Å². The van der Waals surface area contributed by atoms with Gasteiger partial charge in [-0.15, -0.1) is 0 Å². The fraction of sp³-hybridized carbons (Fsp3) is 1.00. The first-order chi connectivity index (χ1) is 6.00. The fourth-order valence-corrected chi connectivity index (χ4v) is 0. The third-order valence-corrected chi connectivity index (χ3v) is 0.